The molecule has 0 aliphatic carbocycles. The normalized spacial score (nSPS) is 10.8. The second-order valence-electron chi connectivity index (χ2n) is 4.75. The molecule has 3 aromatic rings. The molecule has 1 aromatic heterocycles. The van der Waals surface area contributed by atoms with Gasteiger partial charge in [0.15, 0.2) is 0 Å². The summed E-state index contributed by atoms with van der Waals surface area (Å²) >= 11 is 3.49. The summed E-state index contributed by atoms with van der Waals surface area (Å²) in [5, 5.41) is 5.93. The van der Waals surface area contributed by atoms with Crippen LogP contribution in [0.15, 0.2) is 65.4 Å². The Hall–Kier alpha value is -1.71. The third-order valence-electron chi connectivity index (χ3n) is 3.28. The first kappa shape index (κ1) is 13.3. The summed E-state index contributed by atoms with van der Waals surface area (Å²) in [6, 6.07) is 16.7. The molecule has 1 heterocycles. The number of hydrogen-bond donors (Lipinski definition) is 1. The minimum absolute atomic E-state index is 0.820. The molecule has 0 fully saturated rings. The van der Waals surface area contributed by atoms with Gasteiger partial charge in [-0.2, -0.15) is 0 Å². The zero-order valence-electron chi connectivity index (χ0n) is 11.0. The van der Waals surface area contributed by atoms with E-state index in [4.69, 9.17) is 0 Å². The molecule has 100 valence electrons. The third kappa shape index (κ3) is 3.06. The van der Waals surface area contributed by atoms with E-state index in [9.17, 15) is 0 Å². The maximum atomic E-state index is 4.31. The van der Waals surface area contributed by atoms with Gasteiger partial charge in [-0.05, 0) is 28.6 Å². The minimum atomic E-state index is 0.820. The van der Waals surface area contributed by atoms with E-state index in [0.29, 0.717) is 0 Å². The topological polar surface area (TPSA) is 24.9 Å². The minimum Gasteiger partial charge on any atom is -0.309 e. The Kier molecular flexibility index (Phi) is 4.09. The molecule has 0 saturated heterocycles. The molecule has 3 heteroatoms. The summed E-state index contributed by atoms with van der Waals surface area (Å²) in [5.74, 6) is 0. The van der Waals surface area contributed by atoms with Gasteiger partial charge < -0.3 is 5.32 Å². The average Bonchev–Trinajstić information content (AvgIpc) is 2.48. The maximum Gasteiger partial charge on any atom is 0.0346 e. The summed E-state index contributed by atoms with van der Waals surface area (Å²) in [7, 11) is 0. The number of pyridine rings is 1. The van der Waals surface area contributed by atoms with Crippen molar-refractivity contribution in [1.82, 2.24) is 10.3 Å². The molecule has 3 rings (SSSR count). The van der Waals surface area contributed by atoms with Gasteiger partial charge in [-0.25, -0.2) is 0 Å². The summed E-state index contributed by atoms with van der Waals surface area (Å²) < 4.78 is 1.11. The van der Waals surface area contributed by atoms with Gasteiger partial charge in [-0.15, -0.1) is 0 Å². The first-order valence-electron chi connectivity index (χ1n) is 6.60. The van der Waals surface area contributed by atoms with Crippen LogP contribution in [0.4, 0.5) is 0 Å². The van der Waals surface area contributed by atoms with Crippen LogP contribution in [-0.4, -0.2) is 4.98 Å². The van der Waals surface area contributed by atoms with Gasteiger partial charge >= 0.3 is 0 Å². The van der Waals surface area contributed by atoms with Crippen LogP contribution in [-0.2, 0) is 13.1 Å². The lowest BCUT2D eigenvalue weighted by Gasteiger charge is -2.08. The smallest absolute Gasteiger partial charge is 0.0346 e. The van der Waals surface area contributed by atoms with Crippen LogP contribution in [0, 0.1) is 0 Å². The number of halogens is 1. The Labute approximate surface area is 127 Å². The first-order valence-corrected chi connectivity index (χ1v) is 7.39. The van der Waals surface area contributed by atoms with E-state index in [0.717, 1.165) is 17.6 Å². The number of hydrogen-bond acceptors (Lipinski definition) is 2. The van der Waals surface area contributed by atoms with Crippen molar-refractivity contribution in [3.63, 3.8) is 0 Å². The van der Waals surface area contributed by atoms with Crippen molar-refractivity contribution in [3.05, 3.63) is 76.5 Å². The first-order chi connectivity index (χ1) is 9.83. The van der Waals surface area contributed by atoms with Gasteiger partial charge in [-0.3, -0.25) is 4.98 Å². The number of nitrogens with one attached hydrogen (secondary N) is 1. The lowest BCUT2D eigenvalue weighted by atomic mass is 10.1. The third-order valence-corrected chi connectivity index (χ3v) is 3.78. The number of fused-ring (bicyclic) bond motifs is 1. The van der Waals surface area contributed by atoms with E-state index < -0.39 is 0 Å². The molecule has 1 N–H and O–H groups in total. The predicted octanol–water partition coefficient (Wildman–Crippen LogP) is 4.29. The van der Waals surface area contributed by atoms with Crippen molar-refractivity contribution in [1.29, 1.82) is 0 Å². The molecule has 2 nitrogen and oxygen atoms in total. The molecule has 0 aliphatic rings. The van der Waals surface area contributed by atoms with Crippen LogP contribution in [0.5, 0.6) is 0 Å². The van der Waals surface area contributed by atoms with E-state index in [-0.39, 0.29) is 0 Å². The van der Waals surface area contributed by atoms with Gasteiger partial charge in [0.25, 0.3) is 0 Å². The van der Waals surface area contributed by atoms with Crippen molar-refractivity contribution in [2.75, 3.05) is 0 Å². The highest BCUT2D eigenvalue weighted by atomic mass is 79.9. The lowest BCUT2D eigenvalue weighted by Crippen LogP contribution is -2.13. The van der Waals surface area contributed by atoms with Crippen LogP contribution in [0.3, 0.4) is 0 Å². The highest BCUT2D eigenvalue weighted by Crippen LogP contribution is 2.17. The molecule has 0 aliphatic heterocycles. The summed E-state index contributed by atoms with van der Waals surface area (Å²) in [6.07, 6.45) is 3.85. The molecule has 0 saturated carbocycles. The molecule has 2 aromatic carbocycles. The molecule has 0 bridgehead atoms. The van der Waals surface area contributed by atoms with Gasteiger partial charge in [0.05, 0.1) is 0 Å². The van der Waals surface area contributed by atoms with E-state index in [1.807, 2.05) is 24.5 Å². The lowest BCUT2D eigenvalue weighted by molar-refractivity contribution is 0.694. The fourth-order valence-corrected chi connectivity index (χ4v) is 2.76. The van der Waals surface area contributed by atoms with Crippen LogP contribution in [0.1, 0.15) is 11.1 Å². The number of nitrogens with zero attached hydrogens (tertiary/aromatic N) is 1. The standard InChI is InChI=1S/C17H15BrN2/c18-16-6-3-4-13(8-16)9-19-11-15-12-20-10-14-5-1-2-7-17(14)15/h1-8,10,12,19H,9,11H2. The Morgan fingerprint density at radius 2 is 1.85 bits per heavy atom. The predicted molar refractivity (Wildman–Crippen MR) is 86.4 cm³/mol. The van der Waals surface area contributed by atoms with Crippen molar-refractivity contribution in [3.8, 4) is 0 Å². The number of aromatic nitrogens is 1. The van der Waals surface area contributed by atoms with Gasteiger partial charge in [0.1, 0.15) is 0 Å². The fourth-order valence-electron chi connectivity index (χ4n) is 2.31. The molecule has 0 amide bonds. The van der Waals surface area contributed by atoms with Crippen molar-refractivity contribution >= 4 is 26.7 Å². The van der Waals surface area contributed by atoms with Crippen LogP contribution in [0.25, 0.3) is 10.8 Å². The average molecular weight is 327 g/mol. The Bertz CT molecular complexity index is 720. The van der Waals surface area contributed by atoms with E-state index >= 15 is 0 Å². The van der Waals surface area contributed by atoms with Crippen LogP contribution >= 0.6 is 15.9 Å². The quantitative estimate of drug-likeness (QED) is 0.773. The number of benzene rings is 2. The Morgan fingerprint density at radius 1 is 0.950 bits per heavy atom. The van der Waals surface area contributed by atoms with Crippen molar-refractivity contribution in [2.45, 2.75) is 13.1 Å². The highest BCUT2D eigenvalue weighted by molar-refractivity contribution is 9.10. The SMILES string of the molecule is Brc1cccc(CNCc2cncc3ccccc23)c1. The second-order valence-corrected chi connectivity index (χ2v) is 5.67. The second kappa shape index (κ2) is 6.16. The Morgan fingerprint density at radius 3 is 2.75 bits per heavy atom. The van der Waals surface area contributed by atoms with Crippen molar-refractivity contribution in [2.24, 2.45) is 0 Å². The van der Waals surface area contributed by atoms with Crippen LogP contribution < -0.4 is 5.32 Å². The van der Waals surface area contributed by atoms with Gasteiger partial charge in [0.2, 0.25) is 0 Å². The zero-order valence-corrected chi connectivity index (χ0v) is 12.6. The summed E-state index contributed by atoms with van der Waals surface area (Å²) in [4.78, 5) is 4.31. The largest absolute Gasteiger partial charge is 0.309 e. The van der Waals surface area contributed by atoms with Gasteiger partial charge in [-0.1, -0.05) is 52.3 Å². The number of rotatable bonds is 4. The summed E-state index contributed by atoms with van der Waals surface area (Å²) in [6.45, 7) is 1.67. The fraction of sp³-hybridized carbons (Fsp3) is 0.118. The highest BCUT2D eigenvalue weighted by Gasteiger charge is 2.01. The van der Waals surface area contributed by atoms with E-state index in [1.54, 1.807) is 0 Å². The molecule has 0 unspecified atom stereocenters. The monoisotopic (exact) mass is 326 g/mol. The van der Waals surface area contributed by atoms with E-state index in [2.05, 4.69) is 62.6 Å². The van der Waals surface area contributed by atoms with E-state index in [1.165, 1.54) is 21.9 Å². The molecular weight excluding hydrogens is 312 g/mol. The molecule has 0 atom stereocenters. The molecule has 20 heavy (non-hydrogen) atoms. The van der Waals surface area contributed by atoms with Crippen molar-refractivity contribution < 1.29 is 0 Å². The van der Waals surface area contributed by atoms with Gasteiger partial charge in [0, 0.05) is 35.3 Å². The maximum absolute atomic E-state index is 4.31. The Balaban J connectivity index is 1.71. The molecular formula is C17H15BrN2. The van der Waals surface area contributed by atoms with Crippen LogP contribution in [0.2, 0.25) is 0 Å². The molecule has 0 spiro atoms. The summed E-state index contributed by atoms with van der Waals surface area (Å²) in [5.41, 5.74) is 2.51. The molecule has 0 radical (unpaired) electrons. The zero-order chi connectivity index (χ0) is 13.8.